The summed E-state index contributed by atoms with van der Waals surface area (Å²) in [6.45, 7) is 2.64. The number of nitrogens with zero attached hydrogens (tertiary/aromatic N) is 4. The second-order valence-electron chi connectivity index (χ2n) is 5.64. The Kier molecular flexibility index (Phi) is 4.52. The average Bonchev–Trinajstić information content (AvgIpc) is 3.11. The number of carbonyl (C=O) groups excluding carboxylic acids is 1. The molecule has 0 aromatic carbocycles. The quantitative estimate of drug-likeness (QED) is 0.862. The van der Waals surface area contributed by atoms with Gasteiger partial charge in [0.05, 0.1) is 17.9 Å². The van der Waals surface area contributed by atoms with Crippen molar-refractivity contribution in [2.24, 2.45) is 7.05 Å². The molecule has 3 rings (SSSR count). The number of likely N-dealkylation sites (tertiary alicyclic amines) is 1. The molecule has 1 fully saturated rings. The monoisotopic (exact) mass is 334 g/mol. The number of carbonyl (C=O) groups is 1. The van der Waals surface area contributed by atoms with E-state index in [9.17, 15) is 4.79 Å². The molecule has 1 aliphatic rings. The van der Waals surface area contributed by atoms with Crippen molar-refractivity contribution in [3.05, 3.63) is 40.9 Å². The van der Waals surface area contributed by atoms with Gasteiger partial charge in [0, 0.05) is 25.4 Å². The highest BCUT2D eigenvalue weighted by Crippen LogP contribution is 2.37. The Morgan fingerprint density at radius 3 is 3.00 bits per heavy atom. The van der Waals surface area contributed by atoms with Crippen molar-refractivity contribution in [1.29, 1.82) is 0 Å². The number of ether oxygens (including phenoxy) is 1. The molecule has 7 heteroatoms. The highest BCUT2D eigenvalue weighted by Gasteiger charge is 2.34. The Labute approximate surface area is 140 Å². The third-order valence-electron chi connectivity index (χ3n) is 4.10. The first kappa shape index (κ1) is 15.8. The van der Waals surface area contributed by atoms with E-state index in [4.69, 9.17) is 16.3 Å². The van der Waals surface area contributed by atoms with E-state index >= 15 is 0 Å². The lowest BCUT2D eigenvalue weighted by molar-refractivity contribution is -0.134. The van der Waals surface area contributed by atoms with Gasteiger partial charge in [-0.05, 0) is 31.9 Å². The summed E-state index contributed by atoms with van der Waals surface area (Å²) >= 11 is 6.36. The zero-order chi connectivity index (χ0) is 16.4. The molecule has 2 aromatic rings. The Balaban J connectivity index is 1.72. The summed E-state index contributed by atoms with van der Waals surface area (Å²) in [5, 5.41) is 4.95. The molecule has 1 amide bonds. The fourth-order valence-corrected chi connectivity index (χ4v) is 3.35. The number of hydrogen-bond acceptors (Lipinski definition) is 4. The SMILES string of the molecule is Cc1nn(C)c(Cl)c1C1CCCN1C(=O)COc1cccnc1. The lowest BCUT2D eigenvalue weighted by Gasteiger charge is -2.25. The number of aromatic nitrogens is 3. The topological polar surface area (TPSA) is 60.2 Å². The number of hydrogen-bond donors (Lipinski definition) is 0. The smallest absolute Gasteiger partial charge is 0.261 e. The van der Waals surface area contributed by atoms with Crippen LogP contribution in [0.25, 0.3) is 0 Å². The molecule has 1 unspecified atom stereocenters. The number of rotatable bonds is 4. The third-order valence-corrected chi connectivity index (χ3v) is 4.55. The molecular formula is C16H19ClN4O2. The number of amides is 1. The van der Waals surface area contributed by atoms with E-state index in [-0.39, 0.29) is 18.6 Å². The van der Waals surface area contributed by atoms with Gasteiger partial charge in [0.25, 0.3) is 5.91 Å². The molecule has 122 valence electrons. The van der Waals surface area contributed by atoms with Crippen LogP contribution in [0.15, 0.2) is 24.5 Å². The molecule has 6 nitrogen and oxygen atoms in total. The van der Waals surface area contributed by atoms with Crippen molar-refractivity contribution < 1.29 is 9.53 Å². The average molecular weight is 335 g/mol. The molecule has 1 aliphatic heterocycles. The maximum atomic E-state index is 12.5. The molecule has 0 saturated carbocycles. The van der Waals surface area contributed by atoms with Crippen LogP contribution in [0.4, 0.5) is 0 Å². The molecule has 1 atom stereocenters. The number of pyridine rings is 1. The van der Waals surface area contributed by atoms with Crippen LogP contribution in [0.5, 0.6) is 5.75 Å². The molecule has 3 heterocycles. The van der Waals surface area contributed by atoms with Gasteiger partial charge in [0.15, 0.2) is 6.61 Å². The highest BCUT2D eigenvalue weighted by atomic mass is 35.5. The molecule has 23 heavy (non-hydrogen) atoms. The minimum Gasteiger partial charge on any atom is -0.482 e. The Morgan fingerprint density at radius 2 is 2.35 bits per heavy atom. The largest absolute Gasteiger partial charge is 0.482 e. The summed E-state index contributed by atoms with van der Waals surface area (Å²) in [5.74, 6) is 0.544. The van der Waals surface area contributed by atoms with Crippen LogP contribution in [0.3, 0.4) is 0 Å². The molecule has 0 bridgehead atoms. The highest BCUT2D eigenvalue weighted by molar-refractivity contribution is 6.30. The van der Waals surface area contributed by atoms with E-state index in [1.807, 2.05) is 18.9 Å². The molecule has 0 spiro atoms. The molecule has 2 aromatic heterocycles. The van der Waals surface area contributed by atoms with Crippen molar-refractivity contribution in [2.75, 3.05) is 13.2 Å². The van der Waals surface area contributed by atoms with Crippen molar-refractivity contribution >= 4 is 17.5 Å². The predicted octanol–water partition coefficient (Wildman–Crippen LogP) is 2.52. The summed E-state index contributed by atoms with van der Waals surface area (Å²) in [6.07, 6.45) is 5.11. The zero-order valence-corrected chi connectivity index (χ0v) is 14.0. The van der Waals surface area contributed by atoms with Gasteiger partial charge in [-0.2, -0.15) is 5.10 Å². The van der Waals surface area contributed by atoms with Crippen LogP contribution < -0.4 is 4.74 Å². The van der Waals surface area contributed by atoms with E-state index in [1.165, 1.54) is 0 Å². The Hall–Kier alpha value is -2.08. The minimum atomic E-state index is -0.0457. The van der Waals surface area contributed by atoms with Crippen molar-refractivity contribution in [3.8, 4) is 5.75 Å². The van der Waals surface area contributed by atoms with Gasteiger partial charge in [-0.25, -0.2) is 0 Å². The van der Waals surface area contributed by atoms with Gasteiger partial charge >= 0.3 is 0 Å². The molecule has 0 aliphatic carbocycles. The molecular weight excluding hydrogens is 316 g/mol. The molecule has 1 saturated heterocycles. The molecule has 0 N–H and O–H groups in total. The van der Waals surface area contributed by atoms with Crippen LogP contribution in [0, 0.1) is 6.92 Å². The van der Waals surface area contributed by atoms with Crippen LogP contribution >= 0.6 is 11.6 Å². The first-order valence-corrected chi connectivity index (χ1v) is 7.97. The fourth-order valence-electron chi connectivity index (χ4n) is 3.05. The minimum absolute atomic E-state index is 0.000871. The lowest BCUT2D eigenvalue weighted by atomic mass is 10.1. The van der Waals surface area contributed by atoms with E-state index in [0.29, 0.717) is 17.4 Å². The van der Waals surface area contributed by atoms with Crippen molar-refractivity contribution in [3.63, 3.8) is 0 Å². The van der Waals surface area contributed by atoms with Gasteiger partial charge < -0.3 is 9.64 Å². The third kappa shape index (κ3) is 3.17. The Morgan fingerprint density at radius 1 is 1.52 bits per heavy atom. The van der Waals surface area contributed by atoms with E-state index in [1.54, 1.807) is 29.2 Å². The summed E-state index contributed by atoms with van der Waals surface area (Å²) in [7, 11) is 1.81. The van der Waals surface area contributed by atoms with Gasteiger partial charge in [-0.3, -0.25) is 14.5 Å². The normalized spacial score (nSPS) is 17.5. The summed E-state index contributed by atoms with van der Waals surface area (Å²) in [6, 6.07) is 3.53. The summed E-state index contributed by atoms with van der Waals surface area (Å²) < 4.78 is 7.17. The van der Waals surface area contributed by atoms with E-state index in [2.05, 4.69) is 10.1 Å². The fraction of sp³-hybridized carbons (Fsp3) is 0.438. The first-order valence-electron chi connectivity index (χ1n) is 7.59. The van der Waals surface area contributed by atoms with Crippen LogP contribution in [-0.4, -0.2) is 38.7 Å². The standard InChI is InChI=1S/C16H19ClN4O2/c1-11-15(16(17)20(2)19-11)13-6-4-8-21(13)14(22)10-23-12-5-3-7-18-9-12/h3,5,7,9,13H,4,6,8,10H2,1-2H3. The van der Waals surface area contributed by atoms with E-state index in [0.717, 1.165) is 24.1 Å². The Bertz CT molecular complexity index is 702. The van der Waals surface area contributed by atoms with Crippen molar-refractivity contribution in [1.82, 2.24) is 19.7 Å². The second kappa shape index (κ2) is 6.58. The molecule has 0 radical (unpaired) electrons. The lowest BCUT2D eigenvalue weighted by Crippen LogP contribution is -2.34. The zero-order valence-electron chi connectivity index (χ0n) is 13.2. The first-order chi connectivity index (χ1) is 11.1. The van der Waals surface area contributed by atoms with Crippen LogP contribution in [0.2, 0.25) is 5.15 Å². The van der Waals surface area contributed by atoms with E-state index < -0.39 is 0 Å². The maximum absolute atomic E-state index is 12.5. The van der Waals surface area contributed by atoms with Gasteiger partial charge in [-0.1, -0.05) is 11.6 Å². The van der Waals surface area contributed by atoms with Crippen LogP contribution in [-0.2, 0) is 11.8 Å². The van der Waals surface area contributed by atoms with Crippen LogP contribution in [0.1, 0.15) is 30.1 Å². The van der Waals surface area contributed by atoms with Gasteiger partial charge in [-0.15, -0.1) is 0 Å². The maximum Gasteiger partial charge on any atom is 0.261 e. The number of halogens is 1. The van der Waals surface area contributed by atoms with Crippen molar-refractivity contribution in [2.45, 2.75) is 25.8 Å². The van der Waals surface area contributed by atoms with Gasteiger partial charge in [0.2, 0.25) is 0 Å². The predicted molar refractivity (Wildman–Crippen MR) is 86.4 cm³/mol. The number of aryl methyl sites for hydroxylation is 2. The van der Waals surface area contributed by atoms with Gasteiger partial charge in [0.1, 0.15) is 10.9 Å². The summed E-state index contributed by atoms with van der Waals surface area (Å²) in [4.78, 5) is 18.4. The second-order valence-corrected chi connectivity index (χ2v) is 5.99. The summed E-state index contributed by atoms with van der Waals surface area (Å²) in [5.41, 5.74) is 1.82.